The van der Waals surface area contributed by atoms with Crippen molar-refractivity contribution in [3.63, 3.8) is 0 Å². The van der Waals surface area contributed by atoms with Crippen molar-refractivity contribution in [2.45, 2.75) is 19.8 Å². The molecule has 0 saturated heterocycles. The Morgan fingerprint density at radius 2 is 1.92 bits per heavy atom. The van der Waals surface area contributed by atoms with Gasteiger partial charge in [-0.2, -0.15) is 0 Å². The highest BCUT2D eigenvalue weighted by molar-refractivity contribution is 14.2. The van der Waals surface area contributed by atoms with Crippen LogP contribution in [-0.4, -0.2) is 12.6 Å². The van der Waals surface area contributed by atoms with Gasteiger partial charge < -0.3 is 4.74 Å². The summed E-state index contributed by atoms with van der Waals surface area (Å²) in [6.07, 6.45) is 1.36. The van der Waals surface area contributed by atoms with E-state index >= 15 is 0 Å². The summed E-state index contributed by atoms with van der Waals surface area (Å²) in [5.74, 6) is -0.110. The number of rotatable bonds is 4. The highest BCUT2D eigenvalue weighted by Gasteiger charge is 2.03. The molecule has 70 valence electrons. The van der Waals surface area contributed by atoms with E-state index in [1.54, 1.807) is 0 Å². The Morgan fingerprint density at radius 3 is 2.33 bits per heavy atom. The molecule has 0 aliphatic heterocycles. The lowest BCUT2D eigenvalue weighted by molar-refractivity contribution is -0.142. The summed E-state index contributed by atoms with van der Waals surface area (Å²) in [5.41, 5.74) is 0. The molecule has 0 aliphatic rings. The Kier molecular flexibility index (Phi) is 8.68. The van der Waals surface area contributed by atoms with Gasteiger partial charge in [0.25, 0.3) is 0 Å². The van der Waals surface area contributed by atoms with Crippen LogP contribution in [0.1, 0.15) is 19.8 Å². The van der Waals surface area contributed by atoms with Gasteiger partial charge in [0.2, 0.25) is 0 Å². The summed E-state index contributed by atoms with van der Waals surface area (Å²) < 4.78 is 7.22. The maximum absolute atomic E-state index is 10.9. The average Bonchev–Trinajstić information content (AvgIpc) is 2.00. The van der Waals surface area contributed by atoms with Crippen LogP contribution in [0.2, 0.25) is 0 Å². The summed E-state index contributed by atoms with van der Waals surface area (Å²) in [4.78, 5) is 10.9. The number of ether oxygens (including phenoxy) is 1. The number of hydrogen-bond acceptors (Lipinski definition) is 2. The monoisotopic (exact) mass is 506 g/mol. The molecular weight excluding hydrogens is 497 g/mol. The van der Waals surface area contributed by atoms with Crippen LogP contribution < -0.4 is 0 Å². The molecule has 0 fully saturated rings. The average molecular weight is 506 g/mol. The van der Waals surface area contributed by atoms with Crippen molar-refractivity contribution in [3.05, 3.63) is 5.17 Å². The molecule has 0 N–H and O–H groups in total. The van der Waals surface area contributed by atoms with Gasteiger partial charge in [-0.05, 0) is 74.2 Å². The van der Waals surface area contributed by atoms with Gasteiger partial charge in [0.05, 0.1) is 1.59 Å². The molecule has 0 heterocycles. The van der Waals surface area contributed by atoms with E-state index in [9.17, 15) is 4.79 Å². The van der Waals surface area contributed by atoms with E-state index in [4.69, 9.17) is 4.74 Å². The maximum Gasteiger partial charge on any atom is 0.306 e. The molecule has 0 saturated carbocycles. The first-order chi connectivity index (χ1) is 5.57. The smallest absolute Gasteiger partial charge is 0.306 e. The van der Waals surface area contributed by atoms with Gasteiger partial charge in [-0.1, -0.05) is 6.92 Å². The second-order valence-electron chi connectivity index (χ2n) is 2.08. The number of halogens is 3. The van der Waals surface area contributed by atoms with Crippen molar-refractivity contribution >= 4 is 73.7 Å². The van der Waals surface area contributed by atoms with E-state index in [1.165, 1.54) is 0 Å². The van der Waals surface area contributed by atoms with Crippen molar-refractivity contribution < 1.29 is 9.53 Å². The minimum Gasteiger partial charge on any atom is -0.460 e. The molecule has 0 aliphatic carbocycles. The lowest BCUT2D eigenvalue weighted by atomic mass is 10.3. The maximum atomic E-state index is 10.9. The number of carbonyl (C=O) groups is 1. The molecule has 0 aromatic heterocycles. The van der Waals surface area contributed by atoms with Crippen LogP contribution in [-0.2, 0) is 9.53 Å². The molecule has 0 spiro atoms. The normalized spacial score (nSPS) is 9.33. The molecule has 0 atom stereocenters. The second-order valence-corrected chi connectivity index (χ2v) is 7.60. The van der Waals surface area contributed by atoms with Gasteiger partial charge in [0.15, 0.2) is 0 Å². The Morgan fingerprint density at radius 1 is 1.33 bits per heavy atom. The zero-order valence-electron chi connectivity index (χ0n) is 6.57. The van der Waals surface area contributed by atoms with Gasteiger partial charge in [0, 0.05) is 10.0 Å². The first kappa shape index (κ1) is 13.4. The molecule has 0 amide bonds. The van der Waals surface area contributed by atoms with Gasteiger partial charge >= 0.3 is 5.97 Å². The van der Waals surface area contributed by atoms with Gasteiger partial charge in [-0.25, -0.2) is 0 Å². The van der Waals surface area contributed by atoms with Crippen LogP contribution in [0.15, 0.2) is 5.17 Å². The van der Waals surface area contributed by atoms with E-state index in [2.05, 4.69) is 67.8 Å². The van der Waals surface area contributed by atoms with Crippen LogP contribution in [0.25, 0.3) is 0 Å². The van der Waals surface area contributed by atoms with Crippen LogP contribution in [0, 0.1) is 0 Å². The molecule has 2 nitrogen and oxygen atoms in total. The van der Waals surface area contributed by atoms with Gasteiger partial charge in [-0.3, -0.25) is 4.79 Å². The first-order valence-corrected chi connectivity index (χ1v) is 6.66. The molecule has 5 heteroatoms. The highest BCUT2D eigenvalue weighted by Crippen LogP contribution is 2.25. The van der Waals surface area contributed by atoms with Crippen molar-refractivity contribution in [3.8, 4) is 0 Å². The predicted molar refractivity (Wildman–Crippen MR) is 75.0 cm³/mol. The molecule has 0 aromatic rings. The van der Waals surface area contributed by atoms with Gasteiger partial charge in [-0.15, -0.1) is 0 Å². The van der Waals surface area contributed by atoms with E-state index in [0.29, 0.717) is 13.0 Å². The summed E-state index contributed by atoms with van der Waals surface area (Å²) in [7, 11) is 0. The molecule has 0 unspecified atom stereocenters. The Labute approximate surface area is 113 Å². The van der Waals surface area contributed by atoms with Crippen LogP contribution in [0.5, 0.6) is 0 Å². The van der Waals surface area contributed by atoms with Crippen molar-refractivity contribution in [1.82, 2.24) is 0 Å². The van der Waals surface area contributed by atoms with Crippen LogP contribution >= 0.6 is 67.8 Å². The fourth-order valence-electron chi connectivity index (χ4n) is 0.475. The summed E-state index contributed by atoms with van der Waals surface area (Å²) in [6.45, 7) is 2.38. The van der Waals surface area contributed by atoms with E-state index in [0.717, 1.165) is 11.6 Å². The van der Waals surface area contributed by atoms with E-state index < -0.39 is 0 Å². The predicted octanol–water partition coefficient (Wildman–Crippen LogP) is 3.80. The highest BCUT2D eigenvalue weighted by atomic mass is 127. The molecule has 0 bridgehead atoms. The van der Waals surface area contributed by atoms with Crippen LogP contribution in [0.4, 0.5) is 0 Å². The summed E-state index contributed by atoms with van der Waals surface area (Å²) in [5, 5.41) is 0. The lowest BCUT2D eigenvalue weighted by Crippen LogP contribution is -2.04. The number of esters is 1. The SMILES string of the molecule is CCCC(=O)OCC(I)=C(I)I. The summed E-state index contributed by atoms with van der Waals surface area (Å²) >= 11 is 6.59. The molecule has 0 aromatic carbocycles. The topological polar surface area (TPSA) is 26.3 Å². The standard InChI is InChI=1S/C7H9I3O2/c1-2-3-6(11)12-4-5(8)7(9)10/h2-4H2,1H3. The third-order valence-corrected chi connectivity index (χ3v) is 5.24. The zero-order valence-corrected chi connectivity index (χ0v) is 13.0. The fourth-order valence-corrected chi connectivity index (χ4v) is 0.942. The van der Waals surface area contributed by atoms with Crippen LogP contribution in [0.3, 0.4) is 0 Å². The molecular formula is C7H9I3O2. The molecule has 12 heavy (non-hydrogen) atoms. The minimum atomic E-state index is -0.110. The Bertz CT molecular complexity index is 185. The largest absolute Gasteiger partial charge is 0.460 e. The third kappa shape index (κ3) is 6.87. The number of hydrogen-bond donors (Lipinski definition) is 0. The fraction of sp³-hybridized carbons (Fsp3) is 0.571. The number of carbonyl (C=O) groups excluding carboxylic acids is 1. The molecule has 0 radical (unpaired) electrons. The van der Waals surface area contributed by atoms with Crippen molar-refractivity contribution in [2.24, 2.45) is 0 Å². The van der Waals surface area contributed by atoms with Gasteiger partial charge in [0.1, 0.15) is 6.61 Å². The third-order valence-electron chi connectivity index (χ3n) is 1.02. The Hall–Kier alpha value is 1.40. The molecule has 0 rings (SSSR count). The summed E-state index contributed by atoms with van der Waals surface area (Å²) in [6, 6.07) is 0. The quantitative estimate of drug-likeness (QED) is 0.429. The zero-order chi connectivity index (χ0) is 9.56. The minimum absolute atomic E-state index is 0.110. The van der Waals surface area contributed by atoms with Crippen molar-refractivity contribution in [1.29, 1.82) is 0 Å². The first-order valence-electron chi connectivity index (χ1n) is 3.43. The van der Waals surface area contributed by atoms with E-state index in [1.807, 2.05) is 6.92 Å². The lowest BCUT2D eigenvalue weighted by Gasteiger charge is -2.02. The second kappa shape index (κ2) is 7.77. The van der Waals surface area contributed by atoms with E-state index in [-0.39, 0.29) is 5.97 Å². The van der Waals surface area contributed by atoms with Crippen molar-refractivity contribution in [2.75, 3.05) is 6.61 Å². The Balaban J connectivity index is 3.69.